The van der Waals surface area contributed by atoms with Crippen LogP contribution in [0.2, 0.25) is 15.1 Å². The first kappa shape index (κ1) is 22.3. The van der Waals surface area contributed by atoms with Gasteiger partial charge in [0.05, 0.1) is 16.3 Å². The molecule has 0 aliphatic carbocycles. The predicted molar refractivity (Wildman–Crippen MR) is 130 cm³/mol. The maximum Gasteiger partial charge on any atom is 0.335 e. The van der Waals surface area contributed by atoms with Crippen molar-refractivity contribution in [2.75, 3.05) is 5.32 Å². The fourth-order valence-electron chi connectivity index (χ4n) is 3.41. The van der Waals surface area contributed by atoms with Gasteiger partial charge in [0.1, 0.15) is 12.4 Å². The zero-order valence-corrected chi connectivity index (χ0v) is 19.0. The molecule has 32 heavy (non-hydrogen) atoms. The lowest BCUT2D eigenvalue weighted by Crippen LogP contribution is -2.06. The molecule has 0 heterocycles. The highest BCUT2D eigenvalue weighted by Gasteiger charge is 2.13. The van der Waals surface area contributed by atoms with Crippen LogP contribution in [0.3, 0.4) is 0 Å². The molecule has 0 saturated heterocycles. The summed E-state index contributed by atoms with van der Waals surface area (Å²) in [7, 11) is 0. The van der Waals surface area contributed by atoms with Crippen LogP contribution in [-0.4, -0.2) is 11.1 Å². The number of nitrogens with one attached hydrogen (secondary N) is 1. The Kier molecular flexibility index (Phi) is 6.75. The second kappa shape index (κ2) is 9.70. The molecule has 7 heteroatoms. The van der Waals surface area contributed by atoms with Crippen molar-refractivity contribution >= 4 is 57.2 Å². The number of halogens is 3. The summed E-state index contributed by atoms with van der Waals surface area (Å²) in [6.45, 7) is 0.657. The van der Waals surface area contributed by atoms with Crippen molar-refractivity contribution < 1.29 is 14.6 Å². The maximum atomic E-state index is 11.3. The number of hydrogen-bond acceptors (Lipinski definition) is 3. The summed E-state index contributed by atoms with van der Waals surface area (Å²) in [5.74, 6) is -0.327. The minimum atomic E-state index is -1.02. The molecule has 0 bridgehead atoms. The normalized spacial score (nSPS) is 10.8. The third-order valence-electron chi connectivity index (χ3n) is 5.06. The van der Waals surface area contributed by atoms with Crippen LogP contribution in [0.4, 0.5) is 5.69 Å². The molecule has 4 rings (SSSR count). The predicted octanol–water partition coefficient (Wildman–Crippen LogP) is 7.69. The van der Waals surface area contributed by atoms with Gasteiger partial charge >= 0.3 is 5.97 Å². The van der Waals surface area contributed by atoms with Crippen LogP contribution in [0.15, 0.2) is 72.8 Å². The number of carboxylic acid groups (broad SMARTS) is 1. The third-order valence-corrected chi connectivity index (χ3v) is 5.98. The van der Waals surface area contributed by atoms with E-state index in [0.717, 1.165) is 21.9 Å². The van der Waals surface area contributed by atoms with E-state index in [4.69, 9.17) is 39.5 Å². The Bertz CT molecular complexity index is 1310. The van der Waals surface area contributed by atoms with Crippen LogP contribution in [0.1, 0.15) is 21.5 Å². The number of fused-ring (bicyclic) bond motifs is 1. The van der Waals surface area contributed by atoms with Crippen molar-refractivity contribution in [1.82, 2.24) is 0 Å². The van der Waals surface area contributed by atoms with Crippen LogP contribution in [0.25, 0.3) is 10.8 Å². The van der Waals surface area contributed by atoms with E-state index in [1.165, 1.54) is 12.1 Å². The van der Waals surface area contributed by atoms with E-state index in [1.54, 1.807) is 18.2 Å². The molecule has 0 aromatic heterocycles. The number of aromatic carboxylic acids is 1. The van der Waals surface area contributed by atoms with Crippen LogP contribution in [0, 0.1) is 0 Å². The highest BCUT2D eigenvalue weighted by Crippen LogP contribution is 2.32. The Balaban J connectivity index is 1.65. The SMILES string of the molecule is O=C(O)c1ccc(Cl)c(NCc2c(OCc3ccc(Cl)cc3Cl)ccc3ccccc23)c1. The zero-order chi connectivity index (χ0) is 22.7. The topological polar surface area (TPSA) is 58.6 Å². The first-order chi connectivity index (χ1) is 15.4. The van der Waals surface area contributed by atoms with Gasteiger partial charge in [-0.05, 0) is 47.2 Å². The van der Waals surface area contributed by atoms with Gasteiger partial charge in [0, 0.05) is 27.7 Å². The lowest BCUT2D eigenvalue weighted by atomic mass is 10.0. The van der Waals surface area contributed by atoms with Crippen LogP contribution in [0.5, 0.6) is 5.75 Å². The maximum absolute atomic E-state index is 11.3. The standard InChI is InChI=1S/C25H18Cl3NO3/c26-18-8-5-17(22(28)12-18)14-32-24-10-7-15-3-1-2-4-19(15)20(24)13-29-23-11-16(25(30)31)6-9-21(23)27/h1-12,29H,13-14H2,(H,30,31). The molecule has 0 spiro atoms. The van der Waals surface area contributed by atoms with Crippen molar-refractivity contribution in [3.05, 3.63) is 105 Å². The first-order valence-electron chi connectivity index (χ1n) is 9.76. The minimum Gasteiger partial charge on any atom is -0.488 e. The molecule has 0 aliphatic rings. The summed E-state index contributed by atoms with van der Waals surface area (Å²) in [4.78, 5) is 11.3. The van der Waals surface area contributed by atoms with E-state index in [0.29, 0.717) is 33.0 Å². The largest absolute Gasteiger partial charge is 0.488 e. The first-order valence-corrected chi connectivity index (χ1v) is 10.9. The number of hydrogen-bond donors (Lipinski definition) is 2. The van der Waals surface area contributed by atoms with E-state index in [1.807, 2.05) is 42.5 Å². The highest BCUT2D eigenvalue weighted by atomic mass is 35.5. The summed E-state index contributed by atoms with van der Waals surface area (Å²) in [6.07, 6.45) is 0. The zero-order valence-electron chi connectivity index (χ0n) is 16.7. The lowest BCUT2D eigenvalue weighted by Gasteiger charge is -2.17. The molecule has 0 aliphatic heterocycles. The summed E-state index contributed by atoms with van der Waals surface area (Å²) in [5, 5.41) is 16.2. The molecule has 0 atom stereocenters. The smallest absolute Gasteiger partial charge is 0.335 e. The number of anilines is 1. The van der Waals surface area contributed by atoms with E-state index in [9.17, 15) is 9.90 Å². The van der Waals surface area contributed by atoms with Crippen molar-refractivity contribution in [2.45, 2.75) is 13.2 Å². The van der Waals surface area contributed by atoms with Gasteiger partial charge in [0.25, 0.3) is 0 Å². The number of carbonyl (C=O) groups is 1. The molecular formula is C25H18Cl3NO3. The van der Waals surface area contributed by atoms with Crippen LogP contribution in [-0.2, 0) is 13.2 Å². The number of ether oxygens (including phenoxy) is 1. The van der Waals surface area contributed by atoms with Crippen LogP contribution < -0.4 is 10.1 Å². The second-order valence-electron chi connectivity index (χ2n) is 7.14. The van der Waals surface area contributed by atoms with Gasteiger partial charge in [-0.1, -0.05) is 71.2 Å². The fraction of sp³-hybridized carbons (Fsp3) is 0.0800. The molecule has 4 aromatic carbocycles. The summed E-state index contributed by atoms with van der Waals surface area (Å²) < 4.78 is 6.14. The average Bonchev–Trinajstić information content (AvgIpc) is 2.78. The lowest BCUT2D eigenvalue weighted by molar-refractivity contribution is 0.0697. The molecule has 4 aromatic rings. The molecule has 0 radical (unpaired) electrons. The number of rotatable bonds is 7. The Morgan fingerprint density at radius 2 is 1.72 bits per heavy atom. The van der Waals surface area contributed by atoms with Crippen molar-refractivity contribution in [2.24, 2.45) is 0 Å². The molecule has 0 fully saturated rings. The molecule has 2 N–H and O–H groups in total. The monoisotopic (exact) mass is 485 g/mol. The van der Waals surface area contributed by atoms with E-state index < -0.39 is 5.97 Å². The molecule has 0 saturated carbocycles. The summed E-state index contributed by atoms with van der Waals surface area (Å²) in [6, 6.07) is 21.7. The van der Waals surface area contributed by atoms with Gasteiger partial charge < -0.3 is 15.2 Å². The molecule has 0 amide bonds. The van der Waals surface area contributed by atoms with Gasteiger partial charge in [-0.15, -0.1) is 0 Å². The van der Waals surface area contributed by atoms with Gasteiger partial charge in [0.2, 0.25) is 0 Å². The average molecular weight is 487 g/mol. The van der Waals surface area contributed by atoms with Crippen molar-refractivity contribution in [1.29, 1.82) is 0 Å². The Hall–Kier alpha value is -2.92. The Morgan fingerprint density at radius 1 is 0.906 bits per heavy atom. The number of benzene rings is 4. The molecular weight excluding hydrogens is 469 g/mol. The molecule has 162 valence electrons. The Labute approximate surface area is 200 Å². The Morgan fingerprint density at radius 3 is 2.50 bits per heavy atom. The second-order valence-corrected chi connectivity index (χ2v) is 8.39. The van der Waals surface area contributed by atoms with Gasteiger partial charge in [-0.3, -0.25) is 0 Å². The van der Waals surface area contributed by atoms with E-state index >= 15 is 0 Å². The van der Waals surface area contributed by atoms with E-state index in [2.05, 4.69) is 5.32 Å². The molecule has 0 unspecified atom stereocenters. The van der Waals surface area contributed by atoms with Crippen molar-refractivity contribution in [3.63, 3.8) is 0 Å². The fourth-order valence-corrected chi connectivity index (χ4v) is 4.05. The third kappa shape index (κ3) is 4.94. The van der Waals surface area contributed by atoms with Gasteiger partial charge in [-0.25, -0.2) is 4.79 Å². The van der Waals surface area contributed by atoms with Crippen molar-refractivity contribution in [3.8, 4) is 5.75 Å². The van der Waals surface area contributed by atoms with Crippen LogP contribution >= 0.6 is 34.8 Å². The summed E-state index contributed by atoms with van der Waals surface area (Å²) in [5.41, 5.74) is 2.43. The molecule has 4 nitrogen and oxygen atoms in total. The quantitative estimate of drug-likeness (QED) is 0.281. The summed E-state index contributed by atoms with van der Waals surface area (Å²) >= 11 is 18.6. The van der Waals surface area contributed by atoms with E-state index in [-0.39, 0.29) is 12.2 Å². The minimum absolute atomic E-state index is 0.156. The van der Waals surface area contributed by atoms with Gasteiger partial charge in [0.15, 0.2) is 0 Å². The highest BCUT2D eigenvalue weighted by molar-refractivity contribution is 6.35. The number of carboxylic acids is 1. The van der Waals surface area contributed by atoms with Gasteiger partial charge in [-0.2, -0.15) is 0 Å².